The summed E-state index contributed by atoms with van der Waals surface area (Å²) in [5, 5.41) is 6.98. The van der Waals surface area contributed by atoms with Crippen LogP contribution in [-0.4, -0.2) is 36.8 Å². The molecule has 2 N–H and O–H groups in total. The lowest BCUT2D eigenvalue weighted by molar-refractivity contribution is 0.102. The van der Waals surface area contributed by atoms with Gasteiger partial charge >= 0.3 is 0 Å². The maximum absolute atomic E-state index is 14.2. The van der Waals surface area contributed by atoms with Gasteiger partial charge in [0.15, 0.2) is 17.8 Å². The predicted molar refractivity (Wildman–Crippen MR) is 133 cm³/mol. The van der Waals surface area contributed by atoms with Crippen LogP contribution < -0.4 is 20.1 Å². The van der Waals surface area contributed by atoms with Crippen molar-refractivity contribution in [1.82, 2.24) is 9.69 Å². The Bertz CT molecular complexity index is 1460. The molecule has 1 aliphatic heterocycles. The van der Waals surface area contributed by atoms with Crippen LogP contribution in [0.25, 0.3) is 10.1 Å². The normalized spacial score (nSPS) is 13.5. The van der Waals surface area contributed by atoms with Crippen molar-refractivity contribution in [3.8, 4) is 11.5 Å². The van der Waals surface area contributed by atoms with Crippen molar-refractivity contribution in [1.29, 1.82) is 0 Å². The number of benzene rings is 3. The zero-order chi connectivity index (χ0) is 24.5. The molecule has 5 rings (SSSR count). The molecule has 7 nitrogen and oxygen atoms in total. The molecule has 3 aromatic carbocycles. The van der Waals surface area contributed by atoms with E-state index in [9.17, 15) is 14.0 Å². The second-order valence-corrected chi connectivity index (χ2v) is 8.97. The van der Waals surface area contributed by atoms with Gasteiger partial charge in [-0.3, -0.25) is 9.59 Å². The summed E-state index contributed by atoms with van der Waals surface area (Å²) in [4.78, 5) is 25.7. The zero-order valence-corrected chi connectivity index (χ0v) is 20.0. The molecule has 0 bridgehead atoms. The standard InChI is InChI=1S/C25H19ClFN3O4S/c1-28-22(15-10-13(27)6-7-17(15)26)21-16(12-31)24-19(33-8-9-34-24)11-18(21)29-25(32)23-14-4-2-3-5-20(14)35-30-23/h2-7,10-12,22,28H,8-9H2,1H3,(H,29,32). The fraction of sp³-hybridized carbons (Fsp3) is 0.160. The van der Waals surface area contributed by atoms with E-state index in [1.54, 1.807) is 13.1 Å². The number of halogens is 2. The van der Waals surface area contributed by atoms with Gasteiger partial charge in [-0.15, -0.1) is 0 Å². The first kappa shape index (κ1) is 23.2. The van der Waals surface area contributed by atoms with E-state index < -0.39 is 17.8 Å². The molecule has 0 spiro atoms. The fourth-order valence-corrected chi connectivity index (χ4v) is 5.18. The van der Waals surface area contributed by atoms with Crippen LogP contribution in [0, 0.1) is 5.82 Å². The number of nitrogens with one attached hydrogen (secondary N) is 2. The highest BCUT2D eigenvalue weighted by molar-refractivity contribution is 7.13. The molecule has 1 atom stereocenters. The Labute approximate surface area is 209 Å². The summed E-state index contributed by atoms with van der Waals surface area (Å²) in [5.41, 5.74) is 1.47. The summed E-state index contributed by atoms with van der Waals surface area (Å²) in [5.74, 6) is -0.376. The molecule has 2 heterocycles. The Hall–Kier alpha value is -3.53. The molecule has 1 amide bonds. The SMILES string of the molecule is CNC(c1cc(F)ccc1Cl)c1c(NC(=O)c2nsc3ccccc23)cc2c(c1C=O)OCCO2. The lowest BCUT2D eigenvalue weighted by Crippen LogP contribution is -2.25. The number of rotatable bonds is 6. The quantitative estimate of drug-likeness (QED) is 0.344. The van der Waals surface area contributed by atoms with E-state index >= 15 is 0 Å². The molecule has 35 heavy (non-hydrogen) atoms. The Balaban J connectivity index is 1.68. The van der Waals surface area contributed by atoms with Crippen LogP contribution in [0.15, 0.2) is 48.5 Å². The molecular weight excluding hydrogens is 493 g/mol. The Morgan fingerprint density at radius 3 is 2.80 bits per heavy atom. The maximum atomic E-state index is 14.2. The second kappa shape index (κ2) is 9.61. The van der Waals surface area contributed by atoms with Gasteiger partial charge in [-0.1, -0.05) is 29.8 Å². The van der Waals surface area contributed by atoms with Crippen molar-refractivity contribution in [2.75, 3.05) is 25.6 Å². The van der Waals surface area contributed by atoms with Crippen molar-refractivity contribution in [3.05, 3.63) is 81.8 Å². The van der Waals surface area contributed by atoms with Crippen LogP contribution in [-0.2, 0) is 0 Å². The highest BCUT2D eigenvalue weighted by atomic mass is 35.5. The minimum Gasteiger partial charge on any atom is -0.486 e. The van der Waals surface area contributed by atoms with E-state index in [1.165, 1.54) is 29.7 Å². The molecular formula is C25H19ClFN3O4S. The molecule has 1 unspecified atom stereocenters. The lowest BCUT2D eigenvalue weighted by Gasteiger charge is -2.28. The van der Waals surface area contributed by atoms with Crippen LogP contribution >= 0.6 is 23.1 Å². The smallest absolute Gasteiger partial charge is 0.276 e. The number of hydrogen-bond acceptors (Lipinski definition) is 7. The Kier molecular flexibility index (Phi) is 6.38. The van der Waals surface area contributed by atoms with Gasteiger partial charge in [0.1, 0.15) is 24.7 Å². The average Bonchev–Trinajstić information content (AvgIpc) is 3.31. The Morgan fingerprint density at radius 2 is 2.00 bits per heavy atom. The number of hydrogen-bond donors (Lipinski definition) is 2. The zero-order valence-electron chi connectivity index (χ0n) is 18.4. The third-order valence-electron chi connectivity index (χ3n) is 5.72. The van der Waals surface area contributed by atoms with Crippen molar-refractivity contribution in [2.24, 2.45) is 0 Å². The number of carbonyl (C=O) groups excluding carboxylic acids is 2. The van der Waals surface area contributed by atoms with Crippen molar-refractivity contribution in [2.45, 2.75) is 6.04 Å². The van der Waals surface area contributed by atoms with Crippen molar-refractivity contribution in [3.63, 3.8) is 0 Å². The number of carbonyl (C=O) groups is 2. The van der Waals surface area contributed by atoms with Gasteiger partial charge in [0, 0.05) is 22.0 Å². The molecule has 1 aliphatic rings. The highest BCUT2D eigenvalue weighted by Gasteiger charge is 2.30. The van der Waals surface area contributed by atoms with Gasteiger partial charge in [-0.25, -0.2) is 4.39 Å². The number of aromatic nitrogens is 1. The minimum atomic E-state index is -0.753. The number of amides is 1. The van der Waals surface area contributed by atoms with Crippen LogP contribution in [0.4, 0.5) is 10.1 Å². The monoisotopic (exact) mass is 511 g/mol. The number of fused-ring (bicyclic) bond motifs is 2. The summed E-state index contributed by atoms with van der Waals surface area (Å²) in [6.07, 6.45) is 0.633. The van der Waals surface area contributed by atoms with E-state index in [-0.39, 0.29) is 29.3 Å². The number of aldehydes is 1. The molecule has 0 saturated carbocycles. The summed E-state index contributed by atoms with van der Waals surface area (Å²) in [6.45, 7) is 0.550. The highest BCUT2D eigenvalue weighted by Crippen LogP contribution is 2.44. The first-order valence-corrected chi connectivity index (χ1v) is 11.9. The van der Waals surface area contributed by atoms with Gasteiger partial charge < -0.3 is 20.1 Å². The van der Waals surface area contributed by atoms with E-state index in [0.29, 0.717) is 40.2 Å². The number of anilines is 1. The maximum Gasteiger partial charge on any atom is 0.276 e. The number of ether oxygens (including phenoxy) is 2. The Morgan fingerprint density at radius 1 is 1.20 bits per heavy atom. The summed E-state index contributed by atoms with van der Waals surface area (Å²) in [7, 11) is 1.65. The lowest BCUT2D eigenvalue weighted by atomic mass is 9.91. The summed E-state index contributed by atoms with van der Waals surface area (Å²) in [6, 6.07) is 12.2. The van der Waals surface area contributed by atoms with E-state index in [1.807, 2.05) is 24.3 Å². The molecule has 4 aromatic rings. The first-order chi connectivity index (χ1) is 17.0. The second-order valence-electron chi connectivity index (χ2n) is 7.76. The average molecular weight is 512 g/mol. The topological polar surface area (TPSA) is 89.6 Å². The largest absolute Gasteiger partial charge is 0.486 e. The van der Waals surface area contributed by atoms with Crippen LogP contribution in [0.3, 0.4) is 0 Å². The molecule has 0 aliphatic carbocycles. The van der Waals surface area contributed by atoms with Gasteiger partial charge in [0.2, 0.25) is 0 Å². The van der Waals surface area contributed by atoms with Gasteiger partial charge in [0.05, 0.1) is 22.0 Å². The number of nitrogens with zero attached hydrogens (tertiary/aromatic N) is 1. The van der Waals surface area contributed by atoms with Crippen LogP contribution in [0.5, 0.6) is 11.5 Å². The van der Waals surface area contributed by atoms with Gasteiger partial charge in [-0.2, -0.15) is 4.37 Å². The fourth-order valence-electron chi connectivity index (χ4n) is 4.18. The van der Waals surface area contributed by atoms with E-state index in [2.05, 4.69) is 15.0 Å². The summed E-state index contributed by atoms with van der Waals surface area (Å²) < 4.78 is 30.8. The third-order valence-corrected chi connectivity index (χ3v) is 6.89. The van der Waals surface area contributed by atoms with Crippen molar-refractivity contribution < 1.29 is 23.5 Å². The third kappa shape index (κ3) is 4.22. The van der Waals surface area contributed by atoms with Gasteiger partial charge in [-0.05, 0) is 48.4 Å². The van der Waals surface area contributed by atoms with E-state index in [4.69, 9.17) is 21.1 Å². The minimum absolute atomic E-state index is 0.167. The van der Waals surface area contributed by atoms with Crippen LogP contribution in [0.1, 0.15) is 38.0 Å². The summed E-state index contributed by atoms with van der Waals surface area (Å²) >= 11 is 7.63. The molecule has 0 radical (unpaired) electrons. The first-order valence-electron chi connectivity index (χ1n) is 10.7. The molecule has 178 valence electrons. The van der Waals surface area contributed by atoms with Crippen LogP contribution in [0.2, 0.25) is 5.02 Å². The molecule has 0 fully saturated rings. The van der Waals surface area contributed by atoms with Crippen molar-refractivity contribution >= 4 is 51.1 Å². The van der Waals surface area contributed by atoms with E-state index in [0.717, 1.165) is 4.70 Å². The molecule has 0 saturated heterocycles. The predicted octanol–water partition coefficient (Wildman–Crippen LogP) is 5.23. The molecule has 10 heteroatoms. The molecule has 1 aromatic heterocycles. The van der Waals surface area contributed by atoms with Gasteiger partial charge in [0.25, 0.3) is 5.91 Å².